The summed E-state index contributed by atoms with van der Waals surface area (Å²) in [6.07, 6.45) is 0. The van der Waals surface area contributed by atoms with Gasteiger partial charge in [0.05, 0.1) is 16.4 Å². The SMILES string of the molecule is Cc1ccc(Sc2ccc(=O)n(-c3ccc(C(=O)Nc4ccc(F)cc4Cl)cc3)n2)cc1. The van der Waals surface area contributed by atoms with Crippen LogP contribution in [-0.4, -0.2) is 15.7 Å². The van der Waals surface area contributed by atoms with E-state index in [1.807, 2.05) is 31.2 Å². The van der Waals surface area contributed by atoms with E-state index in [-0.39, 0.29) is 10.6 Å². The van der Waals surface area contributed by atoms with E-state index in [0.717, 1.165) is 16.5 Å². The largest absolute Gasteiger partial charge is 0.321 e. The van der Waals surface area contributed by atoms with Gasteiger partial charge in [-0.3, -0.25) is 9.59 Å². The van der Waals surface area contributed by atoms with Gasteiger partial charge in [-0.2, -0.15) is 9.78 Å². The van der Waals surface area contributed by atoms with E-state index >= 15 is 0 Å². The van der Waals surface area contributed by atoms with Crippen molar-refractivity contribution < 1.29 is 9.18 Å². The monoisotopic (exact) mass is 465 g/mol. The maximum atomic E-state index is 13.2. The number of halogens is 2. The van der Waals surface area contributed by atoms with Crippen LogP contribution in [0, 0.1) is 12.7 Å². The number of hydrogen-bond donors (Lipinski definition) is 1. The van der Waals surface area contributed by atoms with Gasteiger partial charge in [0, 0.05) is 16.5 Å². The highest BCUT2D eigenvalue weighted by atomic mass is 35.5. The van der Waals surface area contributed by atoms with Crippen molar-refractivity contribution in [3.05, 3.63) is 111 Å². The van der Waals surface area contributed by atoms with Gasteiger partial charge >= 0.3 is 0 Å². The molecule has 1 N–H and O–H groups in total. The lowest BCUT2D eigenvalue weighted by atomic mass is 10.2. The Balaban J connectivity index is 1.53. The molecule has 0 saturated carbocycles. The number of anilines is 1. The second kappa shape index (κ2) is 9.38. The second-order valence-corrected chi connectivity index (χ2v) is 8.46. The maximum absolute atomic E-state index is 13.2. The molecule has 0 aliphatic heterocycles. The molecule has 4 aromatic rings. The summed E-state index contributed by atoms with van der Waals surface area (Å²) >= 11 is 7.41. The fourth-order valence-electron chi connectivity index (χ4n) is 2.90. The Morgan fingerprint density at radius 3 is 2.41 bits per heavy atom. The average molecular weight is 466 g/mol. The minimum absolute atomic E-state index is 0.105. The lowest BCUT2D eigenvalue weighted by Crippen LogP contribution is -2.20. The zero-order valence-corrected chi connectivity index (χ0v) is 18.5. The van der Waals surface area contributed by atoms with E-state index in [0.29, 0.717) is 22.0 Å². The third-order valence-corrected chi connectivity index (χ3v) is 5.82. The Morgan fingerprint density at radius 1 is 1.00 bits per heavy atom. The van der Waals surface area contributed by atoms with Gasteiger partial charge in [0.1, 0.15) is 10.8 Å². The molecule has 1 amide bonds. The molecule has 0 unspecified atom stereocenters. The molecule has 0 radical (unpaired) electrons. The Bertz CT molecular complexity index is 1340. The van der Waals surface area contributed by atoms with Gasteiger partial charge in [-0.05, 0) is 67.6 Å². The molecule has 0 fully saturated rings. The van der Waals surface area contributed by atoms with Gasteiger partial charge in [0.2, 0.25) is 0 Å². The number of carbonyl (C=O) groups excluding carboxylic acids is 1. The smallest absolute Gasteiger partial charge is 0.271 e. The number of nitrogens with one attached hydrogen (secondary N) is 1. The van der Waals surface area contributed by atoms with Crippen LogP contribution in [0.15, 0.2) is 93.6 Å². The summed E-state index contributed by atoms with van der Waals surface area (Å²) in [5, 5.41) is 7.85. The lowest BCUT2D eigenvalue weighted by molar-refractivity contribution is 0.102. The molecule has 0 atom stereocenters. The zero-order valence-electron chi connectivity index (χ0n) is 16.9. The topological polar surface area (TPSA) is 64.0 Å². The van der Waals surface area contributed by atoms with Gasteiger partial charge in [-0.25, -0.2) is 4.39 Å². The standard InChI is InChI=1S/C24H17ClFN3O2S/c1-15-2-9-19(10-3-15)32-22-12-13-23(30)29(28-22)18-7-4-16(5-8-18)24(31)27-21-11-6-17(26)14-20(21)25/h2-14H,1H3,(H,27,31). The number of amides is 1. The number of aryl methyl sites for hydroxylation is 1. The molecule has 4 rings (SSSR count). The van der Waals surface area contributed by atoms with E-state index in [2.05, 4.69) is 10.4 Å². The minimum Gasteiger partial charge on any atom is -0.321 e. The molecular formula is C24H17ClFN3O2S. The van der Waals surface area contributed by atoms with E-state index in [4.69, 9.17) is 11.6 Å². The molecule has 0 aliphatic carbocycles. The summed E-state index contributed by atoms with van der Waals surface area (Å²) in [6, 6.07) is 21.3. The first-order valence-electron chi connectivity index (χ1n) is 9.61. The van der Waals surface area contributed by atoms with Crippen molar-refractivity contribution in [1.82, 2.24) is 9.78 Å². The van der Waals surface area contributed by atoms with Crippen molar-refractivity contribution in [3.63, 3.8) is 0 Å². The third-order valence-electron chi connectivity index (χ3n) is 4.57. The molecule has 0 aliphatic rings. The average Bonchev–Trinajstić information content (AvgIpc) is 2.78. The molecule has 32 heavy (non-hydrogen) atoms. The van der Waals surface area contributed by atoms with Crippen LogP contribution in [0.1, 0.15) is 15.9 Å². The maximum Gasteiger partial charge on any atom is 0.271 e. The van der Waals surface area contributed by atoms with Gasteiger partial charge in [0.15, 0.2) is 0 Å². The van der Waals surface area contributed by atoms with E-state index in [1.165, 1.54) is 34.6 Å². The molecule has 0 bridgehead atoms. The molecule has 8 heteroatoms. The number of carbonyl (C=O) groups is 1. The normalized spacial score (nSPS) is 10.7. The Labute approximate surface area is 192 Å². The van der Waals surface area contributed by atoms with Crippen molar-refractivity contribution in [2.24, 2.45) is 0 Å². The number of nitrogens with zero attached hydrogens (tertiary/aromatic N) is 2. The van der Waals surface area contributed by atoms with Crippen molar-refractivity contribution >= 4 is 35.0 Å². The number of aromatic nitrogens is 2. The Morgan fingerprint density at radius 2 is 1.72 bits per heavy atom. The van der Waals surface area contributed by atoms with Crippen molar-refractivity contribution in [2.45, 2.75) is 16.8 Å². The summed E-state index contributed by atoms with van der Waals surface area (Å²) in [7, 11) is 0. The van der Waals surface area contributed by atoms with E-state index in [1.54, 1.807) is 30.3 Å². The molecule has 0 saturated heterocycles. The van der Waals surface area contributed by atoms with Crippen molar-refractivity contribution in [1.29, 1.82) is 0 Å². The predicted molar refractivity (Wildman–Crippen MR) is 124 cm³/mol. The van der Waals surface area contributed by atoms with Crippen molar-refractivity contribution in [3.8, 4) is 5.69 Å². The summed E-state index contributed by atoms with van der Waals surface area (Å²) < 4.78 is 14.5. The molecule has 3 aromatic carbocycles. The highest BCUT2D eigenvalue weighted by molar-refractivity contribution is 7.99. The molecule has 5 nitrogen and oxygen atoms in total. The van der Waals surface area contributed by atoms with Crippen molar-refractivity contribution in [2.75, 3.05) is 5.32 Å². The highest BCUT2D eigenvalue weighted by Gasteiger charge is 2.11. The number of rotatable bonds is 5. The van der Waals surface area contributed by atoms with Crippen LogP contribution in [0.4, 0.5) is 10.1 Å². The van der Waals surface area contributed by atoms with Crippen LogP contribution in [0.5, 0.6) is 0 Å². The van der Waals surface area contributed by atoms with Crippen LogP contribution >= 0.6 is 23.4 Å². The first kappa shape index (κ1) is 21.8. The van der Waals surface area contributed by atoms with Gasteiger partial charge in [-0.15, -0.1) is 0 Å². The lowest BCUT2D eigenvalue weighted by Gasteiger charge is -2.09. The summed E-state index contributed by atoms with van der Waals surface area (Å²) in [5.41, 5.74) is 2.07. The number of hydrogen-bond acceptors (Lipinski definition) is 4. The first-order chi connectivity index (χ1) is 15.4. The van der Waals surface area contributed by atoms with Crippen LogP contribution in [0.3, 0.4) is 0 Å². The predicted octanol–water partition coefficient (Wildman–Crippen LogP) is 5.74. The van der Waals surface area contributed by atoms with Crippen LogP contribution in [0.25, 0.3) is 5.69 Å². The van der Waals surface area contributed by atoms with Gasteiger partial charge < -0.3 is 5.32 Å². The zero-order chi connectivity index (χ0) is 22.7. The molecule has 1 heterocycles. The van der Waals surface area contributed by atoms with Crippen LogP contribution in [0.2, 0.25) is 5.02 Å². The summed E-state index contributed by atoms with van der Waals surface area (Å²) in [6.45, 7) is 2.02. The van der Waals surface area contributed by atoms with Gasteiger partial charge in [-0.1, -0.05) is 41.1 Å². The van der Waals surface area contributed by atoms with Crippen LogP contribution < -0.4 is 10.9 Å². The van der Waals surface area contributed by atoms with E-state index in [9.17, 15) is 14.0 Å². The van der Waals surface area contributed by atoms with E-state index < -0.39 is 11.7 Å². The quantitative estimate of drug-likeness (QED) is 0.408. The molecular weight excluding hydrogens is 449 g/mol. The summed E-state index contributed by atoms with van der Waals surface area (Å²) in [4.78, 5) is 25.9. The molecule has 160 valence electrons. The first-order valence-corrected chi connectivity index (χ1v) is 10.8. The number of benzene rings is 3. The minimum atomic E-state index is -0.488. The Kier molecular flexibility index (Phi) is 6.39. The van der Waals surface area contributed by atoms with Crippen LogP contribution in [-0.2, 0) is 0 Å². The molecule has 1 aromatic heterocycles. The van der Waals surface area contributed by atoms with Gasteiger partial charge in [0.25, 0.3) is 11.5 Å². The molecule has 0 spiro atoms. The Hall–Kier alpha value is -3.42. The second-order valence-electron chi connectivity index (χ2n) is 6.96. The summed E-state index contributed by atoms with van der Waals surface area (Å²) in [5.74, 6) is -0.896. The fourth-order valence-corrected chi connectivity index (χ4v) is 3.89. The third kappa shape index (κ3) is 5.07. The highest BCUT2D eigenvalue weighted by Crippen LogP contribution is 2.26. The fraction of sp³-hybridized carbons (Fsp3) is 0.0417.